The molecule has 17 heavy (non-hydrogen) atoms. The normalized spacial score (nSPS) is 15.1. The minimum Gasteiger partial charge on any atom is -0.508 e. The number of hydrogen-bond donors (Lipinski definition) is 2. The van der Waals surface area contributed by atoms with Crippen LogP contribution in [0.3, 0.4) is 0 Å². The molecule has 1 aromatic heterocycles. The van der Waals surface area contributed by atoms with Crippen LogP contribution in [0.1, 0.15) is 17.7 Å². The minimum atomic E-state index is 0.287. The van der Waals surface area contributed by atoms with Crippen LogP contribution in [0.15, 0.2) is 30.5 Å². The fraction of sp³-hybridized carbons (Fsp3) is 0.308. The van der Waals surface area contributed by atoms with Gasteiger partial charge in [0.25, 0.3) is 0 Å². The van der Waals surface area contributed by atoms with E-state index in [4.69, 9.17) is 0 Å². The molecule has 1 heterocycles. The summed E-state index contributed by atoms with van der Waals surface area (Å²) in [6.07, 6.45) is 4.52. The number of rotatable bonds is 4. The second kappa shape index (κ2) is 4.47. The van der Waals surface area contributed by atoms with E-state index in [1.165, 1.54) is 17.7 Å². The van der Waals surface area contributed by atoms with Crippen molar-refractivity contribution < 1.29 is 5.11 Å². The Morgan fingerprint density at radius 3 is 3.06 bits per heavy atom. The molecular weight excluding hydrogens is 232 g/mol. The Kier molecular flexibility index (Phi) is 2.82. The molecule has 1 saturated carbocycles. The number of hydrogen-bond acceptors (Lipinski definition) is 4. The summed E-state index contributed by atoms with van der Waals surface area (Å²) in [5.41, 5.74) is 0.979. The highest BCUT2D eigenvalue weighted by atomic mass is 32.1. The molecule has 1 aliphatic carbocycles. The van der Waals surface area contributed by atoms with Gasteiger partial charge in [-0.2, -0.15) is 0 Å². The van der Waals surface area contributed by atoms with Gasteiger partial charge in [-0.05, 0) is 25.0 Å². The molecule has 1 aliphatic rings. The zero-order valence-corrected chi connectivity index (χ0v) is 10.2. The summed E-state index contributed by atoms with van der Waals surface area (Å²) in [4.78, 5) is 5.64. The Morgan fingerprint density at radius 2 is 2.29 bits per heavy atom. The van der Waals surface area contributed by atoms with E-state index in [-0.39, 0.29) is 5.75 Å². The Labute approximate surface area is 104 Å². The molecule has 0 unspecified atom stereocenters. The van der Waals surface area contributed by atoms with Crippen molar-refractivity contribution >= 4 is 11.3 Å². The van der Waals surface area contributed by atoms with Gasteiger partial charge in [0.2, 0.25) is 0 Å². The van der Waals surface area contributed by atoms with Crippen LogP contribution in [0.2, 0.25) is 0 Å². The molecule has 88 valence electrons. The highest BCUT2D eigenvalue weighted by Gasteiger charge is 2.20. The first-order valence-electron chi connectivity index (χ1n) is 5.79. The van der Waals surface area contributed by atoms with Crippen molar-refractivity contribution in [1.29, 1.82) is 0 Å². The van der Waals surface area contributed by atoms with Crippen molar-refractivity contribution in [2.75, 3.05) is 0 Å². The van der Waals surface area contributed by atoms with Crippen LogP contribution in [0, 0.1) is 0 Å². The van der Waals surface area contributed by atoms with E-state index in [0.717, 1.165) is 23.2 Å². The third kappa shape index (κ3) is 2.65. The first-order chi connectivity index (χ1) is 8.31. The van der Waals surface area contributed by atoms with Crippen LogP contribution in [0.5, 0.6) is 5.75 Å². The zero-order chi connectivity index (χ0) is 11.7. The van der Waals surface area contributed by atoms with E-state index in [0.29, 0.717) is 0 Å². The second-order valence-electron chi connectivity index (χ2n) is 4.34. The van der Waals surface area contributed by atoms with Crippen LogP contribution in [-0.2, 0) is 6.54 Å². The molecule has 2 aromatic rings. The average molecular weight is 246 g/mol. The predicted molar refractivity (Wildman–Crippen MR) is 69.1 cm³/mol. The lowest BCUT2D eigenvalue weighted by atomic mass is 10.2. The van der Waals surface area contributed by atoms with Crippen molar-refractivity contribution in [3.63, 3.8) is 0 Å². The van der Waals surface area contributed by atoms with Crippen molar-refractivity contribution in [3.05, 3.63) is 35.3 Å². The maximum atomic E-state index is 9.43. The third-order valence-electron chi connectivity index (χ3n) is 2.79. The van der Waals surface area contributed by atoms with Gasteiger partial charge >= 0.3 is 0 Å². The molecule has 3 rings (SSSR count). The molecule has 2 N–H and O–H groups in total. The smallest absolute Gasteiger partial charge is 0.123 e. The quantitative estimate of drug-likeness (QED) is 0.872. The molecule has 1 aromatic carbocycles. The fourth-order valence-corrected chi connectivity index (χ4v) is 2.55. The SMILES string of the molecule is Oc1cccc(-c2ncc(CNC3CC3)s2)c1. The number of nitrogens with one attached hydrogen (secondary N) is 1. The van der Waals surface area contributed by atoms with Crippen molar-refractivity contribution in [1.82, 2.24) is 10.3 Å². The van der Waals surface area contributed by atoms with Crippen molar-refractivity contribution in [2.24, 2.45) is 0 Å². The molecule has 0 amide bonds. The number of aromatic hydroxyl groups is 1. The van der Waals surface area contributed by atoms with Crippen LogP contribution in [0.4, 0.5) is 0 Å². The molecule has 0 spiro atoms. The van der Waals surface area contributed by atoms with E-state index in [1.54, 1.807) is 23.5 Å². The summed E-state index contributed by atoms with van der Waals surface area (Å²) < 4.78 is 0. The summed E-state index contributed by atoms with van der Waals surface area (Å²) >= 11 is 1.68. The number of phenolic OH excluding ortho intramolecular Hbond substituents is 1. The lowest BCUT2D eigenvalue weighted by Crippen LogP contribution is -2.14. The van der Waals surface area contributed by atoms with Crippen LogP contribution >= 0.6 is 11.3 Å². The number of nitrogens with zero attached hydrogens (tertiary/aromatic N) is 1. The van der Waals surface area contributed by atoms with E-state index in [9.17, 15) is 5.11 Å². The van der Waals surface area contributed by atoms with Crippen LogP contribution in [-0.4, -0.2) is 16.1 Å². The maximum Gasteiger partial charge on any atom is 0.123 e. The lowest BCUT2D eigenvalue weighted by Gasteiger charge is -1.98. The van der Waals surface area contributed by atoms with Gasteiger partial charge in [0.15, 0.2) is 0 Å². The van der Waals surface area contributed by atoms with Gasteiger partial charge in [0, 0.05) is 29.2 Å². The van der Waals surface area contributed by atoms with E-state index >= 15 is 0 Å². The van der Waals surface area contributed by atoms with Gasteiger partial charge < -0.3 is 10.4 Å². The number of thiazole rings is 1. The molecule has 0 atom stereocenters. The van der Waals surface area contributed by atoms with Crippen molar-refractivity contribution in [3.8, 4) is 16.3 Å². The fourth-order valence-electron chi connectivity index (χ4n) is 1.69. The molecule has 3 nitrogen and oxygen atoms in total. The zero-order valence-electron chi connectivity index (χ0n) is 9.39. The molecule has 1 fully saturated rings. The van der Waals surface area contributed by atoms with Gasteiger partial charge in [-0.1, -0.05) is 12.1 Å². The summed E-state index contributed by atoms with van der Waals surface area (Å²) in [7, 11) is 0. The van der Waals surface area contributed by atoms with Gasteiger partial charge in [-0.25, -0.2) is 4.98 Å². The van der Waals surface area contributed by atoms with E-state index < -0.39 is 0 Å². The Bertz CT molecular complexity index is 520. The maximum absolute atomic E-state index is 9.43. The highest BCUT2D eigenvalue weighted by Crippen LogP contribution is 2.28. The Hall–Kier alpha value is -1.39. The van der Waals surface area contributed by atoms with E-state index in [1.807, 2.05) is 18.3 Å². The van der Waals surface area contributed by atoms with Gasteiger partial charge in [0.05, 0.1) is 0 Å². The number of benzene rings is 1. The molecule has 0 bridgehead atoms. The van der Waals surface area contributed by atoms with Gasteiger partial charge in [-0.3, -0.25) is 0 Å². The monoisotopic (exact) mass is 246 g/mol. The minimum absolute atomic E-state index is 0.287. The molecular formula is C13H14N2OS. The standard InChI is InChI=1S/C13H14N2OS/c16-11-3-1-2-9(6-11)13-15-8-12(17-13)7-14-10-4-5-10/h1-3,6,8,10,14,16H,4-5,7H2. The van der Waals surface area contributed by atoms with Gasteiger partial charge in [-0.15, -0.1) is 11.3 Å². The lowest BCUT2D eigenvalue weighted by molar-refractivity contribution is 0.475. The highest BCUT2D eigenvalue weighted by molar-refractivity contribution is 7.15. The summed E-state index contributed by atoms with van der Waals surface area (Å²) in [5, 5.41) is 13.9. The molecule has 0 saturated heterocycles. The summed E-state index contributed by atoms with van der Waals surface area (Å²) in [6, 6.07) is 7.95. The predicted octanol–water partition coefficient (Wildman–Crippen LogP) is 2.77. The first-order valence-corrected chi connectivity index (χ1v) is 6.60. The Balaban J connectivity index is 1.74. The first kappa shape index (κ1) is 10.7. The van der Waals surface area contributed by atoms with Crippen LogP contribution in [0.25, 0.3) is 10.6 Å². The largest absolute Gasteiger partial charge is 0.508 e. The number of phenols is 1. The summed E-state index contributed by atoms with van der Waals surface area (Å²) in [6.45, 7) is 0.904. The average Bonchev–Trinajstić information content (AvgIpc) is 3.04. The van der Waals surface area contributed by atoms with Gasteiger partial charge in [0.1, 0.15) is 10.8 Å². The van der Waals surface area contributed by atoms with Crippen LogP contribution < -0.4 is 5.32 Å². The van der Waals surface area contributed by atoms with Crippen molar-refractivity contribution in [2.45, 2.75) is 25.4 Å². The summed E-state index contributed by atoms with van der Waals surface area (Å²) in [5.74, 6) is 0.287. The number of aromatic nitrogens is 1. The van der Waals surface area contributed by atoms with E-state index in [2.05, 4.69) is 10.3 Å². The molecule has 4 heteroatoms. The Morgan fingerprint density at radius 1 is 1.41 bits per heavy atom. The second-order valence-corrected chi connectivity index (χ2v) is 5.45. The molecule has 0 aliphatic heterocycles. The topological polar surface area (TPSA) is 45.2 Å². The third-order valence-corrected chi connectivity index (χ3v) is 3.84. The molecule has 0 radical (unpaired) electrons.